The van der Waals surface area contributed by atoms with E-state index in [-0.39, 0.29) is 17.5 Å². The molecule has 1 aliphatic heterocycles. The lowest BCUT2D eigenvalue weighted by molar-refractivity contribution is -0.142. The van der Waals surface area contributed by atoms with Gasteiger partial charge in [-0.3, -0.25) is 14.2 Å². The van der Waals surface area contributed by atoms with Crippen LogP contribution >= 0.6 is 11.6 Å². The number of amides is 1. The van der Waals surface area contributed by atoms with Gasteiger partial charge in [-0.05, 0) is 55.0 Å². The molecule has 1 amide bonds. The van der Waals surface area contributed by atoms with Crippen LogP contribution in [0.4, 0.5) is 0 Å². The number of hydrogen-bond donors (Lipinski definition) is 0. The fraction of sp³-hybridized carbons (Fsp3) is 0.281. The molecule has 1 aliphatic carbocycles. The second-order valence-corrected chi connectivity index (χ2v) is 10.8. The number of carbonyl (C=O) groups excluding carboxylic acids is 1. The van der Waals surface area contributed by atoms with Gasteiger partial charge in [0, 0.05) is 17.1 Å². The minimum Gasteiger partial charge on any atom is -0.336 e. The zero-order chi connectivity index (χ0) is 26.3. The topological polar surface area (TPSA) is 55.2 Å². The Hall–Kier alpha value is -3.70. The fourth-order valence-electron chi connectivity index (χ4n) is 6.09. The van der Waals surface area contributed by atoms with Crippen LogP contribution in [-0.2, 0) is 23.2 Å². The Kier molecular flexibility index (Phi) is 6.40. The highest BCUT2D eigenvalue weighted by Gasteiger charge is 2.48. The van der Waals surface area contributed by atoms with Crippen molar-refractivity contribution < 1.29 is 4.79 Å². The molecular weight excluding hydrogens is 494 g/mol. The Balaban J connectivity index is 1.36. The first-order valence-electron chi connectivity index (χ1n) is 13.2. The van der Waals surface area contributed by atoms with Crippen molar-refractivity contribution in [1.82, 2.24) is 14.5 Å². The molecule has 1 aromatic heterocycles. The van der Waals surface area contributed by atoms with Gasteiger partial charge in [-0.15, -0.1) is 0 Å². The predicted octanol–water partition coefficient (Wildman–Crippen LogP) is 5.85. The maximum atomic E-state index is 14.0. The summed E-state index contributed by atoms with van der Waals surface area (Å²) in [6.07, 6.45) is 3.20. The molecule has 0 N–H and O–H groups in total. The van der Waals surface area contributed by atoms with Crippen molar-refractivity contribution in [2.24, 2.45) is 0 Å². The summed E-state index contributed by atoms with van der Waals surface area (Å²) in [6.45, 7) is 2.77. The predicted molar refractivity (Wildman–Crippen MR) is 149 cm³/mol. The summed E-state index contributed by atoms with van der Waals surface area (Å²) in [5.74, 6) is 0.781. The van der Waals surface area contributed by atoms with E-state index in [1.54, 1.807) is 0 Å². The number of nitrogens with zero attached hydrogens (tertiary/aromatic N) is 3. The zero-order valence-electron chi connectivity index (χ0n) is 21.4. The van der Waals surface area contributed by atoms with E-state index < -0.39 is 5.41 Å². The van der Waals surface area contributed by atoms with Crippen molar-refractivity contribution in [2.75, 3.05) is 6.54 Å². The van der Waals surface area contributed by atoms with Crippen molar-refractivity contribution in [1.29, 1.82) is 0 Å². The van der Waals surface area contributed by atoms with Crippen LogP contribution < -0.4 is 5.56 Å². The molecule has 0 saturated heterocycles. The molecule has 2 aliphatic rings. The number of halogens is 1. The third-order valence-corrected chi connectivity index (χ3v) is 8.48. The van der Waals surface area contributed by atoms with Gasteiger partial charge in [0.1, 0.15) is 5.82 Å². The van der Waals surface area contributed by atoms with Crippen LogP contribution in [0.1, 0.15) is 59.1 Å². The Morgan fingerprint density at radius 2 is 1.53 bits per heavy atom. The highest BCUT2D eigenvalue weighted by Crippen LogP contribution is 2.46. The number of benzene rings is 3. The SMILES string of the molecule is Cc1nc2c(c(=O)n1C(c1ccccc1)c1ccccc1)CCN(C(=O)C1(c3ccc(Cl)cc3)CCC1)C2. The van der Waals surface area contributed by atoms with Crippen molar-refractivity contribution >= 4 is 17.5 Å². The van der Waals surface area contributed by atoms with Gasteiger partial charge in [0.15, 0.2) is 0 Å². The average Bonchev–Trinajstić information content (AvgIpc) is 2.92. The van der Waals surface area contributed by atoms with E-state index in [4.69, 9.17) is 16.6 Å². The third-order valence-electron chi connectivity index (χ3n) is 8.23. The average molecular weight is 524 g/mol. The molecule has 5 nitrogen and oxygen atoms in total. The second kappa shape index (κ2) is 9.88. The highest BCUT2D eigenvalue weighted by molar-refractivity contribution is 6.30. The summed E-state index contributed by atoms with van der Waals surface area (Å²) in [5, 5.41) is 0.669. The van der Waals surface area contributed by atoms with Crippen LogP contribution in [0.5, 0.6) is 0 Å². The van der Waals surface area contributed by atoms with Crippen molar-refractivity contribution in [3.05, 3.63) is 134 Å². The van der Waals surface area contributed by atoms with E-state index in [9.17, 15) is 9.59 Å². The van der Waals surface area contributed by atoms with Crippen LogP contribution in [0, 0.1) is 6.92 Å². The number of aromatic nitrogens is 2. The summed E-state index contributed by atoms with van der Waals surface area (Å²) >= 11 is 6.11. The third kappa shape index (κ3) is 4.15. The van der Waals surface area contributed by atoms with Gasteiger partial charge in [0.05, 0.1) is 23.7 Å². The molecule has 0 unspecified atom stereocenters. The lowest BCUT2D eigenvalue weighted by Gasteiger charge is -2.45. The molecule has 6 rings (SSSR count). The molecule has 192 valence electrons. The summed E-state index contributed by atoms with van der Waals surface area (Å²) < 4.78 is 1.82. The first-order valence-corrected chi connectivity index (χ1v) is 13.6. The zero-order valence-corrected chi connectivity index (χ0v) is 22.2. The normalized spacial score (nSPS) is 16.1. The number of fused-ring (bicyclic) bond motifs is 1. The smallest absolute Gasteiger partial charge is 0.257 e. The monoisotopic (exact) mass is 523 g/mol. The molecule has 4 aromatic rings. The molecule has 0 bridgehead atoms. The van der Waals surface area contributed by atoms with E-state index in [0.29, 0.717) is 41.6 Å². The number of carbonyl (C=O) groups is 1. The fourth-order valence-corrected chi connectivity index (χ4v) is 6.21. The van der Waals surface area contributed by atoms with Crippen LogP contribution in [0.2, 0.25) is 5.02 Å². The van der Waals surface area contributed by atoms with Gasteiger partial charge >= 0.3 is 0 Å². The van der Waals surface area contributed by atoms with Gasteiger partial charge in [-0.2, -0.15) is 0 Å². The Labute approximate surface area is 227 Å². The van der Waals surface area contributed by atoms with Gasteiger partial charge in [-0.25, -0.2) is 4.98 Å². The first kappa shape index (κ1) is 24.6. The van der Waals surface area contributed by atoms with Gasteiger partial charge in [0.2, 0.25) is 5.91 Å². The van der Waals surface area contributed by atoms with E-state index in [2.05, 4.69) is 24.3 Å². The van der Waals surface area contributed by atoms with Crippen molar-refractivity contribution in [3.63, 3.8) is 0 Å². The molecule has 2 heterocycles. The number of aryl methyl sites for hydroxylation is 1. The maximum absolute atomic E-state index is 14.0. The molecule has 1 saturated carbocycles. The summed E-state index contributed by atoms with van der Waals surface area (Å²) in [5.41, 5.74) is 4.00. The van der Waals surface area contributed by atoms with E-state index in [1.165, 1.54) is 0 Å². The highest BCUT2D eigenvalue weighted by atomic mass is 35.5. The minimum atomic E-state index is -0.502. The van der Waals surface area contributed by atoms with Crippen LogP contribution in [0.15, 0.2) is 89.7 Å². The Morgan fingerprint density at radius 3 is 2.08 bits per heavy atom. The van der Waals surface area contributed by atoms with E-state index in [1.807, 2.05) is 77.1 Å². The maximum Gasteiger partial charge on any atom is 0.257 e. The van der Waals surface area contributed by atoms with Crippen molar-refractivity contribution in [3.8, 4) is 0 Å². The Morgan fingerprint density at radius 1 is 0.921 bits per heavy atom. The molecule has 3 aromatic carbocycles. The summed E-state index contributed by atoms with van der Waals surface area (Å²) in [6, 6.07) is 27.6. The molecule has 6 heteroatoms. The van der Waals surface area contributed by atoms with Gasteiger partial charge < -0.3 is 4.90 Å². The standard InChI is InChI=1S/C32H30ClN3O2/c1-22-34-28-21-35(31(38)32(18-8-19-32)25-13-15-26(33)16-14-25)20-17-27(28)30(37)36(22)29(23-9-4-2-5-10-23)24-11-6-3-7-12-24/h2-7,9-16,29H,8,17-21H2,1H3. The molecule has 1 fully saturated rings. The molecular formula is C32H30ClN3O2. The molecule has 0 radical (unpaired) electrons. The van der Waals surface area contributed by atoms with Crippen LogP contribution in [-0.4, -0.2) is 26.9 Å². The van der Waals surface area contributed by atoms with E-state index in [0.717, 1.165) is 36.0 Å². The number of hydrogen-bond acceptors (Lipinski definition) is 3. The van der Waals surface area contributed by atoms with Gasteiger partial charge in [-0.1, -0.05) is 90.8 Å². The molecule has 38 heavy (non-hydrogen) atoms. The van der Waals surface area contributed by atoms with Crippen molar-refractivity contribution in [2.45, 2.75) is 50.6 Å². The quantitative estimate of drug-likeness (QED) is 0.330. The minimum absolute atomic E-state index is 0.0200. The largest absolute Gasteiger partial charge is 0.336 e. The number of rotatable bonds is 5. The molecule has 0 spiro atoms. The molecule has 0 atom stereocenters. The van der Waals surface area contributed by atoms with Gasteiger partial charge in [0.25, 0.3) is 5.56 Å². The Bertz CT molecular complexity index is 1490. The summed E-state index contributed by atoms with van der Waals surface area (Å²) in [7, 11) is 0. The summed E-state index contributed by atoms with van der Waals surface area (Å²) in [4.78, 5) is 34.8. The van der Waals surface area contributed by atoms with Crippen LogP contribution in [0.3, 0.4) is 0 Å². The second-order valence-electron chi connectivity index (χ2n) is 10.4. The lowest BCUT2D eigenvalue weighted by atomic mass is 9.63. The first-order chi connectivity index (χ1) is 18.5. The lowest BCUT2D eigenvalue weighted by Crippen LogP contribution is -2.53. The van der Waals surface area contributed by atoms with E-state index >= 15 is 0 Å². The van der Waals surface area contributed by atoms with Crippen LogP contribution in [0.25, 0.3) is 0 Å².